The quantitative estimate of drug-likeness (QED) is 0.747. The van der Waals surface area contributed by atoms with Crippen molar-refractivity contribution in [2.24, 2.45) is 0 Å². The standard InChI is InChI=1S/C19H15F2N3O2/c1-25-16-8-11(6-7-15(16)26-18(20)21)12-9-19(12,10-22)17-23-13-4-2-3-5-14(13)24-17/h2-8,12,18H,9H2,1H3,(H,23,24)/t12-,19-/m1/s1. The predicted octanol–water partition coefficient (Wildman–Crippen LogP) is 4.12. The summed E-state index contributed by atoms with van der Waals surface area (Å²) in [6.45, 7) is -2.93. The number of H-pyrrole nitrogens is 1. The van der Waals surface area contributed by atoms with E-state index in [2.05, 4.69) is 20.8 Å². The monoisotopic (exact) mass is 355 g/mol. The molecule has 2 aromatic carbocycles. The van der Waals surface area contributed by atoms with Gasteiger partial charge in [0.15, 0.2) is 11.5 Å². The van der Waals surface area contributed by atoms with Crippen LogP contribution in [0, 0.1) is 11.3 Å². The summed E-state index contributed by atoms with van der Waals surface area (Å²) in [5, 5.41) is 9.80. The van der Waals surface area contributed by atoms with Gasteiger partial charge < -0.3 is 14.5 Å². The first kappa shape index (κ1) is 16.3. The number of ether oxygens (including phenoxy) is 2. The molecule has 0 spiro atoms. The number of para-hydroxylation sites is 2. The first-order valence-corrected chi connectivity index (χ1v) is 8.06. The average Bonchev–Trinajstić information content (AvgIpc) is 3.23. The van der Waals surface area contributed by atoms with Gasteiger partial charge in [-0.05, 0) is 36.2 Å². The van der Waals surface area contributed by atoms with Crippen molar-refractivity contribution in [2.45, 2.75) is 24.4 Å². The molecule has 1 aliphatic carbocycles. The summed E-state index contributed by atoms with van der Waals surface area (Å²) < 4.78 is 34.6. The van der Waals surface area contributed by atoms with Crippen LogP contribution in [-0.4, -0.2) is 23.7 Å². The number of hydrogen-bond acceptors (Lipinski definition) is 4. The van der Waals surface area contributed by atoms with Crippen LogP contribution >= 0.6 is 0 Å². The summed E-state index contributed by atoms with van der Waals surface area (Å²) in [5.74, 6) is 0.713. The molecular formula is C19H15F2N3O2. The largest absolute Gasteiger partial charge is 0.493 e. The Bertz CT molecular complexity index is 978. The van der Waals surface area contributed by atoms with Crippen molar-refractivity contribution < 1.29 is 18.3 Å². The number of halogens is 2. The molecule has 7 heteroatoms. The van der Waals surface area contributed by atoms with E-state index in [0.29, 0.717) is 12.2 Å². The first-order valence-electron chi connectivity index (χ1n) is 8.06. The highest BCUT2D eigenvalue weighted by molar-refractivity contribution is 5.75. The third kappa shape index (κ3) is 2.54. The summed E-state index contributed by atoms with van der Waals surface area (Å²) in [4.78, 5) is 7.79. The number of aromatic nitrogens is 2. The molecule has 4 rings (SSSR count). The molecule has 0 unspecified atom stereocenters. The van der Waals surface area contributed by atoms with Crippen LogP contribution < -0.4 is 9.47 Å². The van der Waals surface area contributed by atoms with Gasteiger partial charge in [-0.3, -0.25) is 0 Å². The molecule has 0 aliphatic heterocycles. The zero-order valence-corrected chi connectivity index (χ0v) is 13.9. The summed E-state index contributed by atoms with van der Waals surface area (Å²) in [7, 11) is 1.39. The lowest BCUT2D eigenvalue weighted by Gasteiger charge is -2.12. The number of fused-ring (bicyclic) bond motifs is 1. The van der Waals surface area contributed by atoms with E-state index in [1.54, 1.807) is 12.1 Å². The highest BCUT2D eigenvalue weighted by atomic mass is 19.3. The van der Waals surface area contributed by atoms with Crippen LogP contribution in [0.1, 0.15) is 23.7 Å². The molecule has 1 saturated carbocycles. The van der Waals surface area contributed by atoms with E-state index in [9.17, 15) is 14.0 Å². The van der Waals surface area contributed by atoms with Crippen LogP contribution in [0.4, 0.5) is 8.78 Å². The third-order valence-electron chi connectivity index (χ3n) is 4.78. The van der Waals surface area contributed by atoms with Crippen molar-refractivity contribution in [3.05, 3.63) is 53.9 Å². The summed E-state index contributed by atoms with van der Waals surface area (Å²) in [5.41, 5.74) is 1.75. The highest BCUT2D eigenvalue weighted by Crippen LogP contribution is 2.60. The van der Waals surface area contributed by atoms with Crippen molar-refractivity contribution in [3.63, 3.8) is 0 Å². The van der Waals surface area contributed by atoms with Crippen LogP contribution in [-0.2, 0) is 5.41 Å². The summed E-state index contributed by atoms with van der Waals surface area (Å²) in [6, 6.07) is 14.7. The van der Waals surface area contributed by atoms with Gasteiger partial charge in [0.2, 0.25) is 0 Å². The number of aromatic amines is 1. The molecular weight excluding hydrogens is 340 g/mol. The second-order valence-corrected chi connectivity index (χ2v) is 6.23. The van der Waals surface area contributed by atoms with Crippen molar-refractivity contribution >= 4 is 11.0 Å². The predicted molar refractivity (Wildman–Crippen MR) is 90.4 cm³/mol. The van der Waals surface area contributed by atoms with Gasteiger partial charge in [-0.25, -0.2) is 4.98 Å². The molecule has 26 heavy (non-hydrogen) atoms. The van der Waals surface area contributed by atoms with E-state index in [4.69, 9.17) is 4.74 Å². The fourth-order valence-corrected chi connectivity index (χ4v) is 3.36. The zero-order chi connectivity index (χ0) is 18.3. The van der Waals surface area contributed by atoms with Gasteiger partial charge in [-0.15, -0.1) is 0 Å². The van der Waals surface area contributed by atoms with Crippen LogP contribution in [0.2, 0.25) is 0 Å². The Labute approximate surface area is 148 Å². The van der Waals surface area contributed by atoms with Gasteiger partial charge in [0.1, 0.15) is 11.2 Å². The van der Waals surface area contributed by atoms with Crippen LogP contribution in [0.5, 0.6) is 11.5 Å². The molecule has 2 atom stereocenters. The van der Waals surface area contributed by atoms with Gasteiger partial charge in [0.05, 0.1) is 24.2 Å². The molecule has 1 aromatic heterocycles. The number of nitriles is 1. The fraction of sp³-hybridized carbons (Fsp3) is 0.263. The second kappa shape index (κ2) is 5.99. The average molecular weight is 355 g/mol. The normalized spacial score (nSPS) is 21.6. The third-order valence-corrected chi connectivity index (χ3v) is 4.78. The smallest absolute Gasteiger partial charge is 0.387 e. The molecule has 0 amide bonds. The van der Waals surface area contributed by atoms with Crippen molar-refractivity contribution in [3.8, 4) is 17.6 Å². The molecule has 0 radical (unpaired) electrons. The lowest BCUT2D eigenvalue weighted by Crippen LogP contribution is -2.09. The Kier molecular flexibility index (Phi) is 3.76. The topological polar surface area (TPSA) is 70.9 Å². The Morgan fingerprint density at radius 1 is 1.27 bits per heavy atom. The van der Waals surface area contributed by atoms with Gasteiger partial charge in [-0.2, -0.15) is 14.0 Å². The second-order valence-electron chi connectivity index (χ2n) is 6.23. The number of hydrogen-bond donors (Lipinski definition) is 1. The maximum Gasteiger partial charge on any atom is 0.387 e. The number of imidazole rings is 1. The minimum absolute atomic E-state index is 0.0294. The number of nitrogens with one attached hydrogen (secondary N) is 1. The maximum absolute atomic E-state index is 12.5. The van der Waals surface area contributed by atoms with Gasteiger partial charge in [0.25, 0.3) is 0 Å². The van der Waals surface area contributed by atoms with Crippen LogP contribution in [0.3, 0.4) is 0 Å². The number of methoxy groups -OCH3 is 1. The van der Waals surface area contributed by atoms with E-state index in [-0.39, 0.29) is 17.4 Å². The Morgan fingerprint density at radius 2 is 2.08 bits per heavy atom. The molecule has 3 aromatic rings. The molecule has 0 bridgehead atoms. The van der Waals surface area contributed by atoms with E-state index < -0.39 is 12.0 Å². The van der Waals surface area contributed by atoms with E-state index in [1.165, 1.54) is 13.2 Å². The molecule has 1 fully saturated rings. The zero-order valence-electron chi connectivity index (χ0n) is 13.9. The summed E-state index contributed by atoms with van der Waals surface area (Å²) >= 11 is 0. The SMILES string of the molecule is COc1cc([C@H]2C[C@]2(C#N)c2nc3ccccc3[nH]2)ccc1OC(F)F. The molecule has 1 N–H and O–H groups in total. The van der Waals surface area contributed by atoms with Gasteiger partial charge >= 0.3 is 6.61 Å². The lowest BCUT2D eigenvalue weighted by molar-refractivity contribution is -0.0512. The molecule has 132 valence electrons. The maximum atomic E-state index is 12.5. The molecule has 1 aliphatic rings. The minimum Gasteiger partial charge on any atom is -0.493 e. The highest BCUT2D eigenvalue weighted by Gasteiger charge is 2.59. The van der Waals surface area contributed by atoms with Crippen molar-refractivity contribution in [2.75, 3.05) is 7.11 Å². The lowest BCUT2D eigenvalue weighted by atomic mass is 9.99. The number of alkyl halides is 2. The first-order chi connectivity index (χ1) is 12.6. The van der Waals surface area contributed by atoms with Crippen LogP contribution in [0.15, 0.2) is 42.5 Å². The Balaban J connectivity index is 1.68. The fourth-order valence-electron chi connectivity index (χ4n) is 3.36. The number of rotatable bonds is 5. The van der Waals surface area contributed by atoms with Crippen LogP contribution in [0.25, 0.3) is 11.0 Å². The molecule has 1 heterocycles. The minimum atomic E-state index is -2.93. The number of benzene rings is 2. The molecule has 5 nitrogen and oxygen atoms in total. The van der Waals surface area contributed by atoms with Gasteiger partial charge in [-0.1, -0.05) is 18.2 Å². The summed E-state index contributed by atoms with van der Waals surface area (Å²) in [6.07, 6.45) is 0.599. The van der Waals surface area contributed by atoms with E-state index in [1.807, 2.05) is 24.3 Å². The van der Waals surface area contributed by atoms with Crippen molar-refractivity contribution in [1.29, 1.82) is 5.26 Å². The van der Waals surface area contributed by atoms with E-state index >= 15 is 0 Å². The Hall–Kier alpha value is -3.14. The van der Waals surface area contributed by atoms with E-state index in [0.717, 1.165) is 16.6 Å². The van der Waals surface area contributed by atoms with Gasteiger partial charge in [0, 0.05) is 5.92 Å². The molecule has 0 saturated heterocycles. The Morgan fingerprint density at radius 3 is 2.77 bits per heavy atom. The van der Waals surface area contributed by atoms with Crippen molar-refractivity contribution in [1.82, 2.24) is 9.97 Å². The number of nitrogens with zero attached hydrogens (tertiary/aromatic N) is 2.